The zero-order valence-corrected chi connectivity index (χ0v) is 13.1. The van der Waals surface area contributed by atoms with Crippen LogP contribution in [0.1, 0.15) is 43.7 Å². The molecule has 0 fully saturated rings. The standard InChI is InChI=1S/C15H26N4O/c1-10(2)19(11(3)4)7-6-17-15(20)14-8-13(16)9-18-12(14)5/h8-11H,6-7,16H2,1-5H3,(H,17,20). The van der Waals surface area contributed by atoms with Gasteiger partial charge in [0.1, 0.15) is 0 Å². The molecule has 1 aromatic rings. The number of hydrogen-bond acceptors (Lipinski definition) is 4. The second-order valence-corrected chi connectivity index (χ2v) is 5.58. The SMILES string of the molecule is Cc1ncc(N)cc1C(=O)NCCN(C(C)C)C(C)C. The van der Waals surface area contributed by atoms with E-state index in [1.165, 1.54) is 0 Å². The molecule has 5 heteroatoms. The number of carbonyl (C=O) groups excluding carboxylic acids is 1. The maximum absolute atomic E-state index is 12.1. The van der Waals surface area contributed by atoms with Crippen LogP contribution in [-0.4, -0.2) is 41.0 Å². The van der Waals surface area contributed by atoms with E-state index in [9.17, 15) is 4.79 Å². The summed E-state index contributed by atoms with van der Waals surface area (Å²) in [6, 6.07) is 2.59. The minimum Gasteiger partial charge on any atom is -0.397 e. The highest BCUT2D eigenvalue weighted by atomic mass is 16.1. The van der Waals surface area contributed by atoms with Gasteiger partial charge in [-0.3, -0.25) is 14.7 Å². The van der Waals surface area contributed by atoms with E-state index in [1.807, 2.05) is 6.92 Å². The highest BCUT2D eigenvalue weighted by molar-refractivity contribution is 5.95. The molecular weight excluding hydrogens is 252 g/mol. The van der Waals surface area contributed by atoms with E-state index >= 15 is 0 Å². The number of nitrogens with two attached hydrogens (primary N) is 1. The van der Waals surface area contributed by atoms with Crippen LogP contribution < -0.4 is 11.1 Å². The Labute approximate surface area is 121 Å². The Hall–Kier alpha value is -1.62. The highest BCUT2D eigenvalue weighted by Crippen LogP contribution is 2.09. The Bertz CT molecular complexity index is 449. The van der Waals surface area contributed by atoms with Crippen molar-refractivity contribution in [2.75, 3.05) is 18.8 Å². The second-order valence-electron chi connectivity index (χ2n) is 5.58. The minimum absolute atomic E-state index is 0.116. The summed E-state index contributed by atoms with van der Waals surface area (Å²) in [6.45, 7) is 11.9. The number of rotatable bonds is 6. The third kappa shape index (κ3) is 4.49. The van der Waals surface area contributed by atoms with E-state index in [2.05, 4.69) is 42.9 Å². The lowest BCUT2D eigenvalue weighted by molar-refractivity contribution is 0.0938. The molecule has 3 N–H and O–H groups in total. The topological polar surface area (TPSA) is 71.2 Å². The lowest BCUT2D eigenvalue weighted by Crippen LogP contribution is -2.42. The van der Waals surface area contributed by atoms with Crippen LogP contribution in [0, 0.1) is 6.92 Å². The first-order chi connectivity index (χ1) is 9.32. The number of aryl methyl sites for hydroxylation is 1. The Morgan fingerprint density at radius 3 is 2.50 bits per heavy atom. The molecule has 0 radical (unpaired) electrons. The van der Waals surface area contributed by atoms with E-state index < -0.39 is 0 Å². The molecule has 1 aromatic heterocycles. The zero-order valence-electron chi connectivity index (χ0n) is 13.1. The molecule has 5 nitrogen and oxygen atoms in total. The summed E-state index contributed by atoms with van der Waals surface area (Å²) in [5.41, 5.74) is 7.42. The van der Waals surface area contributed by atoms with Crippen molar-refractivity contribution < 1.29 is 4.79 Å². The number of carbonyl (C=O) groups is 1. The molecule has 0 aliphatic heterocycles. The molecule has 0 aromatic carbocycles. The first-order valence-corrected chi connectivity index (χ1v) is 7.09. The van der Waals surface area contributed by atoms with E-state index in [4.69, 9.17) is 5.73 Å². The van der Waals surface area contributed by atoms with Gasteiger partial charge in [0.2, 0.25) is 0 Å². The van der Waals surface area contributed by atoms with Crippen molar-refractivity contribution in [2.24, 2.45) is 0 Å². The van der Waals surface area contributed by atoms with E-state index in [-0.39, 0.29) is 5.91 Å². The van der Waals surface area contributed by atoms with Crippen molar-refractivity contribution in [3.63, 3.8) is 0 Å². The monoisotopic (exact) mass is 278 g/mol. The summed E-state index contributed by atoms with van der Waals surface area (Å²) < 4.78 is 0. The van der Waals surface area contributed by atoms with Crippen molar-refractivity contribution in [3.05, 3.63) is 23.5 Å². The van der Waals surface area contributed by atoms with Crippen LogP contribution in [0.25, 0.3) is 0 Å². The van der Waals surface area contributed by atoms with Crippen LogP contribution in [-0.2, 0) is 0 Å². The summed E-state index contributed by atoms with van der Waals surface area (Å²) >= 11 is 0. The van der Waals surface area contributed by atoms with Crippen LogP contribution in [0.3, 0.4) is 0 Å². The van der Waals surface area contributed by atoms with Crippen molar-refractivity contribution in [2.45, 2.75) is 46.7 Å². The largest absolute Gasteiger partial charge is 0.397 e. The lowest BCUT2D eigenvalue weighted by atomic mass is 10.2. The number of nitrogen functional groups attached to an aromatic ring is 1. The molecule has 0 atom stereocenters. The molecule has 0 aliphatic rings. The maximum Gasteiger partial charge on any atom is 0.253 e. The fourth-order valence-corrected chi connectivity index (χ4v) is 2.29. The smallest absolute Gasteiger partial charge is 0.253 e. The van der Waals surface area contributed by atoms with Gasteiger partial charge in [0.05, 0.1) is 23.1 Å². The number of amides is 1. The van der Waals surface area contributed by atoms with Gasteiger partial charge < -0.3 is 11.1 Å². The average Bonchev–Trinajstić information content (AvgIpc) is 2.36. The van der Waals surface area contributed by atoms with E-state index in [0.717, 1.165) is 6.54 Å². The molecule has 0 saturated heterocycles. The summed E-state index contributed by atoms with van der Waals surface area (Å²) in [6.07, 6.45) is 1.56. The van der Waals surface area contributed by atoms with Gasteiger partial charge >= 0.3 is 0 Å². The predicted molar refractivity (Wildman–Crippen MR) is 82.7 cm³/mol. The lowest BCUT2D eigenvalue weighted by Gasteiger charge is -2.30. The first-order valence-electron chi connectivity index (χ1n) is 7.09. The molecule has 1 rings (SSSR count). The zero-order chi connectivity index (χ0) is 15.3. The van der Waals surface area contributed by atoms with Gasteiger partial charge in [-0.1, -0.05) is 0 Å². The number of nitrogens with zero attached hydrogens (tertiary/aromatic N) is 2. The van der Waals surface area contributed by atoms with Crippen LogP contribution in [0.5, 0.6) is 0 Å². The Morgan fingerprint density at radius 2 is 1.95 bits per heavy atom. The summed E-state index contributed by atoms with van der Waals surface area (Å²) in [4.78, 5) is 18.6. The Morgan fingerprint density at radius 1 is 1.35 bits per heavy atom. The Kier molecular flexibility index (Phi) is 5.95. The van der Waals surface area contributed by atoms with E-state index in [1.54, 1.807) is 12.3 Å². The Balaban J connectivity index is 2.57. The van der Waals surface area contributed by atoms with Crippen LogP contribution >= 0.6 is 0 Å². The summed E-state index contributed by atoms with van der Waals surface area (Å²) in [5, 5.41) is 2.93. The molecule has 0 saturated carbocycles. The molecule has 1 heterocycles. The summed E-state index contributed by atoms with van der Waals surface area (Å²) in [5.74, 6) is -0.116. The van der Waals surface area contributed by atoms with Gasteiger partial charge in [0.25, 0.3) is 5.91 Å². The van der Waals surface area contributed by atoms with Gasteiger partial charge in [-0.05, 0) is 40.7 Å². The molecule has 0 unspecified atom stereocenters. The van der Waals surface area contributed by atoms with Crippen LogP contribution in [0.4, 0.5) is 5.69 Å². The van der Waals surface area contributed by atoms with Crippen molar-refractivity contribution >= 4 is 11.6 Å². The second kappa shape index (κ2) is 7.24. The van der Waals surface area contributed by atoms with Crippen LogP contribution in [0.15, 0.2) is 12.3 Å². The number of hydrogen-bond donors (Lipinski definition) is 2. The quantitative estimate of drug-likeness (QED) is 0.832. The third-order valence-corrected chi connectivity index (χ3v) is 3.33. The predicted octanol–water partition coefficient (Wildman–Crippen LogP) is 1.82. The molecule has 0 aliphatic carbocycles. The normalized spacial score (nSPS) is 11.4. The summed E-state index contributed by atoms with van der Waals surface area (Å²) in [7, 11) is 0. The third-order valence-electron chi connectivity index (χ3n) is 3.33. The van der Waals surface area contributed by atoms with Gasteiger partial charge in [-0.15, -0.1) is 0 Å². The number of anilines is 1. The molecule has 0 spiro atoms. The number of nitrogens with one attached hydrogen (secondary N) is 1. The van der Waals surface area contributed by atoms with E-state index in [0.29, 0.717) is 35.6 Å². The van der Waals surface area contributed by atoms with Crippen molar-refractivity contribution in [3.8, 4) is 0 Å². The first kappa shape index (κ1) is 16.4. The molecule has 20 heavy (non-hydrogen) atoms. The number of pyridine rings is 1. The van der Waals surface area contributed by atoms with Crippen molar-refractivity contribution in [1.29, 1.82) is 0 Å². The molecule has 0 bridgehead atoms. The van der Waals surface area contributed by atoms with Gasteiger partial charge in [0.15, 0.2) is 0 Å². The van der Waals surface area contributed by atoms with Gasteiger partial charge in [-0.2, -0.15) is 0 Å². The fourth-order valence-electron chi connectivity index (χ4n) is 2.29. The highest BCUT2D eigenvalue weighted by Gasteiger charge is 2.14. The van der Waals surface area contributed by atoms with Gasteiger partial charge in [-0.25, -0.2) is 0 Å². The fraction of sp³-hybridized carbons (Fsp3) is 0.600. The van der Waals surface area contributed by atoms with Gasteiger partial charge in [0, 0.05) is 25.2 Å². The number of aromatic nitrogens is 1. The molecule has 1 amide bonds. The minimum atomic E-state index is -0.116. The van der Waals surface area contributed by atoms with Crippen molar-refractivity contribution in [1.82, 2.24) is 15.2 Å². The molecule has 112 valence electrons. The average molecular weight is 278 g/mol. The maximum atomic E-state index is 12.1. The van der Waals surface area contributed by atoms with Crippen LogP contribution in [0.2, 0.25) is 0 Å². The molecular formula is C15H26N4O.